The number of rotatable bonds is 1. The highest BCUT2D eigenvalue weighted by Crippen LogP contribution is 2.49. The highest BCUT2D eigenvalue weighted by molar-refractivity contribution is 8.26. The molecule has 5 nitrogen and oxygen atoms in total. The summed E-state index contributed by atoms with van der Waals surface area (Å²) in [5.74, 6) is 0.434. The summed E-state index contributed by atoms with van der Waals surface area (Å²) in [6.45, 7) is -0.0528. The normalized spacial score (nSPS) is 47.7. The van der Waals surface area contributed by atoms with Gasteiger partial charge < -0.3 is 20.6 Å². The number of nitrogens with zero attached hydrogens (tertiary/aromatic N) is 1. The lowest BCUT2D eigenvalue weighted by Crippen LogP contribution is -2.58. The Morgan fingerprint density at radius 2 is 2.33 bits per heavy atom. The van der Waals surface area contributed by atoms with Crippen molar-refractivity contribution in [3.63, 3.8) is 0 Å². The molecule has 4 unspecified atom stereocenters. The summed E-state index contributed by atoms with van der Waals surface area (Å²) in [4.78, 5) is 4.02. The minimum absolute atomic E-state index is 0.0528. The lowest BCUT2D eigenvalue weighted by molar-refractivity contribution is 0.00297. The number of hydrogen-bond donors (Lipinski definition) is 4. The van der Waals surface area contributed by atoms with Crippen molar-refractivity contribution in [2.75, 3.05) is 19.4 Å². The molecular weight excluding hydrogens is 236 g/mol. The molecule has 15 heavy (non-hydrogen) atoms. The Labute approximate surface area is 96.4 Å². The molecule has 2 aliphatic heterocycles. The van der Waals surface area contributed by atoms with Crippen LogP contribution in [0.25, 0.3) is 0 Å². The summed E-state index contributed by atoms with van der Waals surface area (Å²) in [5.41, 5.74) is 0. The van der Waals surface area contributed by atoms with Crippen molar-refractivity contribution in [2.45, 2.75) is 22.3 Å². The average molecular weight is 250 g/mol. The van der Waals surface area contributed by atoms with Gasteiger partial charge in [0.05, 0.1) is 18.8 Å². The molecule has 4 atom stereocenters. The van der Waals surface area contributed by atoms with E-state index in [0.29, 0.717) is 10.9 Å². The van der Waals surface area contributed by atoms with Crippen molar-refractivity contribution >= 4 is 28.7 Å². The number of aliphatic hydroxyl groups excluding tert-OH is 3. The lowest BCUT2D eigenvalue weighted by Gasteiger charge is -2.40. The van der Waals surface area contributed by atoms with Crippen molar-refractivity contribution in [1.29, 1.82) is 0 Å². The van der Waals surface area contributed by atoms with Gasteiger partial charge in [-0.05, 0) is 0 Å². The Kier molecular flexibility index (Phi) is 3.18. The maximum atomic E-state index is 9.85. The third kappa shape index (κ3) is 1.76. The van der Waals surface area contributed by atoms with E-state index in [1.54, 1.807) is 7.05 Å². The van der Waals surface area contributed by atoms with Gasteiger partial charge in [0.1, 0.15) is 10.2 Å². The maximum Gasteiger partial charge on any atom is 0.158 e. The van der Waals surface area contributed by atoms with Gasteiger partial charge in [-0.25, -0.2) is 0 Å². The summed E-state index contributed by atoms with van der Waals surface area (Å²) in [6.07, 6.45) is -1.60. The first kappa shape index (κ1) is 11.5. The lowest BCUT2D eigenvalue weighted by atomic mass is 10.0. The van der Waals surface area contributed by atoms with E-state index in [9.17, 15) is 15.3 Å². The van der Waals surface area contributed by atoms with E-state index in [0.717, 1.165) is 0 Å². The minimum atomic E-state index is -0.856. The van der Waals surface area contributed by atoms with Crippen LogP contribution >= 0.6 is 23.5 Å². The highest BCUT2D eigenvalue weighted by Gasteiger charge is 2.55. The average Bonchev–Trinajstić information content (AvgIpc) is 2.64. The van der Waals surface area contributed by atoms with Gasteiger partial charge in [0.2, 0.25) is 0 Å². The van der Waals surface area contributed by atoms with Gasteiger partial charge in [-0.2, -0.15) is 0 Å². The molecule has 7 heteroatoms. The molecule has 2 rings (SSSR count). The van der Waals surface area contributed by atoms with Crippen LogP contribution in [0, 0.1) is 0 Å². The van der Waals surface area contributed by atoms with Crippen molar-refractivity contribution in [2.24, 2.45) is 4.99 Å². The highest BCUT2D eigenvalue weighted by atomic mass is 32.2. The van der Waals surface area contributed by atoms with Crippen LogP contribution in [0.5, 0.6) is 0 Å². The second kappa shape index (κ2) is 4.14. The number of aliphatic hydroxyl groups is 3. The Hall–Kier alpha value is 0.0500. The van der Waals surface area contributed by atoms with Crippen LogP contribution in [0.2, 0.25) is 0 Å². The van der Waals surface area contributed by atoms with Crippen LogP contribution in [0.15, 0.2) is 4.99 Å². The van der Waals surface area contributed by atoms with Crippen LogP contribution in [0.4, 0.5) is 0 Å². The second-order valence-electron chi connectivity index (χ2n) is 3.59. The molecule has 0 saturated carbocycles. The first-order valence-corrected chi connectivity index (χ1v) is 6.46. The number of fused-ring (bicyclic) bond motifs is 1. The Bertz CT molecular complexity index is 289. The van der Waals surface area contributed by atoms with Gasteiger partial charge in [-0.3, -0.25) is 4.99 Å². The zero-order chi connectivity index (χ0) is 11.1. The molecule has 0 aromatic rings. The van der Waals surface area contributed by atoms with E-state index in [2.05, 4.69) is 10.3 Å². The van der Waals surface area contributed by atoms with Crippen molar-refractivity contribution in [3.05, 3.63) is 0 Å². The molecule has 2 heterocycles. The Balaban J connectivity index is 2.26. The monoisotopic (exact) mass is 250 g/mol. The standard InChI is InChI=1S/C8H14N2O3S2/c1-9-7-10-6-5(13)4(12)2-14-8(6,3-11)15-7/h4-6,11-13H,2-3H2,1H3,(H,9,10). The molecule has 2 fully saturated rings. The summed E-state index contributed by atoms with van der Waals surface area (Å²) < 4.78 is -0.506. The van der Waals surface area contributed by atoms with Gasteiger partial charge in [-0.15, -0.1) is 11.8 Å². The molecule has 2 saturated heterocycles. The smallest absolute Gasteiger partial charge is 0.158 e. The molecule has 4 N–H and O–H groups in total. The molecule has 0 aromatic heterocycles. The van der Waals surface area contributed by atoms with E-state index in [1.165, 1.54) is 23.5 Å². The van der Waals surface area contributed by atoms with Crippen molar-refractivity contribution in [1.82, 2.24) is 5.32 Å². The van der Waals surface area contributed by atoms with E-state index in [1.807, 2.05) is 0 Å². The molecular formula is C8H14N2O3S2. The number of thioether (sulfide) groups is 2. The zero-order valence-electron chi connectivity index (χ0n) is 8.25. The topological polar surface area (TPSA) is 85.1 Å². The van der Waals surface area contributed by atoms with Crippen molar-refractivity contribution < 1.29 is 15.3 Å². The Morgan fingerprint density at radius 1 is 1.60 bits per heavy atom. The molecule has 0 spiro atoms. The first-order chi connectivity index (χ1) is 7.13. The van der Waals surface area contributed by atoms with Gasteiger partial charge in [0, 0.05) is 12.8 Å². The number of hydrogen-bond acceptors (Lipinski definition) is 6. The van der Waals surface area contributed by atoms with E-state index in [-0.39, 0.29) is 12.6 Å². The van der Waals surface area contributed by atoms with Crippen LogP contribution in [-0.2, 0) is 0 Å². The fraction of sp³-hybridized carbons (Fsp3) is 0.875. The van der Waals surface area contributed by atoms with Gasteiger partial charge in [-0.1, -0.05) is 11.8 Å². The predicted molar refractivity (Wildman–Crippen MR) is 62.2 cm³/mol. The Morgan fingerprint density at radius 3 is 2.93 bits per heavy atom. The summed E-state index contributed by atoms with van der Waals surface area (Å²) in [7, 11) is 1.66. The predicted octanol–water partition coefficient (Wildman–Crippen LogP) is -1.17. The molecule has 2 aliphatic rings. The maximum absolute atomic E-state index is 9.85. The van der Waals surface area contributed by atoms with Gasteiger partial charge in [0.25, 0.3) is 0 Å². The second-order valence-corrected chi connectivity index (χ2v) is 6.52. The number of nitrogens with one attached hydrogen (secondary N) is 1. The summed E-state index contributed by atoms with van der Waals surface area (Å²) >= 11 is 2.90. The van der Waals surface area contributed by atoms with E-state index in [4.69, 9.17) is 0 Å². The van der Waals surface area contributed by atoms with Gasteiger partial charge >= 0.3 is 0 Å². The molecule has 86 valence electrons. The molecule has 0 aliphatic carbocycles. The molecule has 0 radical (unpaired) electrons. The third-order valence-corrected chi connectivity index (χ3v) is 5.89. The summed E-state index contributed by atoms with van der Waals surface area (Å²) in [5, 5.41) is 32.6. The van der Waals surface area contributed by atoms with Crippen LogP contribution in [0.1, 0.15) is 0 Å². The molecule has 0 amide bonds. The number of amidine groups is 1. The minimum Gasteiger partial charge on any atom is -0.394 e. The quantitative estimate of drug-likeness (QED) is 0.469. The fourth-order valence-electron chi connectivity index (χ4n) is 1.80. The molecule has 0 aromatic carbocycles. The van der Waals surface area contributed by atoms with Crippen LogP contribution < -0.4 is 5.32 Å². The largest absolute Gasteiger partial charge is 0.394 e. The molecule has 0 bridgehead atoms. The van der Waals surface area contributed by atoms with E-state index < -0.39 is 16.3 Å². The SMILES string of the molecule is CN=C1NC2C(O)C(O)CSC2(CO)S1. The third-order valence-electron chi connectivity index (χ3n) is 2.68. The zero-order valence-corrected chi connectivity index (χ0v) is 9.88. The number of aliphatic imine (C=N–C) groups is 1. The fourth-order valence-corrected chi connectivity index (χ4v) is 4.59. The van der Waals surface area contributed by atoms with Gasteiger partial charge in [0.15, 0.2) is 5.17 Å². The summed E-state index contributed by atoms with van der Waals surface area (Å²) in [6, 6.07) is -0.347. The van der Waals surface area contributed by atoms with Crippen molar-refractivity contribution in [3.8, 4) is 0 Å². The van der Waals surface area contributed by atoms with E-state index >= 15 is 0 Å². The van der Waals surface area contributed by atoms with Crippen LogP contribution in [-0.4, -0.2) is 62.2 Å². The van der Waals surface area contributed by atoms with Crippen LogP contribution in [0.3, 0.4) is 0 Å². The first-order valence-electron chi connectivity index (χ1n) is 4.66.